The fourth-order valence-corrected chi connectivity index (χ4v) is 1.87. The average Bonchev–Trinajstić information content (AvgIpc) is 1.79. The van der Waals surface area contributed by atoms with E-state index in [0.29, 0.717) is 5.92 Å². The predicted octanol–water partition coefficient (Wildman–Crippen LogP) is 3.19. The van der Waals surface area contributed by atoms with Gasteiger partial charge in [0.15, 0.2) is 0 Å². The molecule has 64 valence electrons. The molecule has 0 aromatic heterocycles. The van der Waals surface area contributed by atoms with E-state index in [1.165, 1.54) is 24.8 Å². The summed E-state index contributed by atoms with van der Waals surface area (Å²) < 4.78 is 0. The van der Waals surface area contributed by atoms with Gasteiger partial charge in [-0.15, -0.1) is 0 Å². The highest BCUT2D eigenvalue weighted by atomic mass is 35.5. The minimum atomic E-state index is 0.714. The monoisotopic (exact) mass is 181 g/mol. The molecule has 1 saturated carbocycles. The van der Waals surface area contributed by atoms with Gasteiger partial charge in [-0.05, 0) is 42.5 Å². The second-order valence-corrected chi connectivity index (χ2v) is 3.88. The topological polar surface area (TPSA) is 26.0 Å². The van der Waals surface area contributed by atoms with E-state index in [1.54, 1.807) is 6.07 Å². The highest BCUT2D eigenvalue weighted by Crippen LogP contribution is 2.37. The third kappa shape index (κ3) is 1.42. The molecule has 0 atom stereocenters. The van der Waals surface area contributed by atoms with E-state index >= 15 is 0 Å². The van der Waals surface area contributed by atoms with Crippen molar-refractivity contribution in [1.29, 1.82) is 0 Å². The van der Waals surface area contributed by atoms with Crippen molar-refractivity contribution in [3.05, 3.63) is 28.8 Å². The van der Waals surface area contributed by atoms with Crippen molar-refractivity contribution in [2.24, 2.45) is 0 Å². The predicted molar refractivity (Wildman–Crippen MR) is 52.5 cm³/mol. The molecule has 0 amide bonds. The largest absolute Gasteiger partial charge is 0.399 e. The summed E-state index contributed by atoms with van der Waals surface area (Å²) in [5.41, 5.74) is 7.78. The fraction of sp³-hybridized carbons (Fsp3) is 0.400. The van der Waals surface area contributed by atoms with Gasteiger partial charge >= 0.3 is 0 Å². The molecule has 0 saturated heterocycles. The number of nitrogens with two attached hydrogens (primary N) is 1. The van der Waals surface area contributed by atoms with Crippen LogP contribution in [0.4, 0.5) is 5.69 Å². The quantitative estimate of drug-likeness (QED) is 0.662. The molecular formula is C10H12ClN. The summed E-state index contributed by atoms with van der Waals surface area (Å²) in [5.74, 6) is 0.714. The van der Waals surface area contributed by atoms with Crippen LogP contribution in [-0.2, 0) is 0 Å². The number of hydrogen-bond donors (Lipinski definition) is 1. The van der Waals surface area contributed by atoms with Crippen molar-refractivity contribution in [2.45, 2.75) is 25.2 Å². The van der Waals surface area contributed by atoms with Gasteiger partial charge in [0.05, 0.1) is 0 Å². The van der Waals surface area contributed by atoms with Gasteiger partial charge < -0.3 is 5.73 Å². The van der Waals surface area contributed by atoms with E-state index in [1.807, 2.05) is 12.1 Å². The van der Waals surface area contributed by atoms with Crippen LogP contribution in [0.1, 0.15) is 30.7 Å². The van der Waals surface area contributed by atoms with Crippen LogP contribution in [0.2, 0.25) is 5.02 Å². The molecule has 1 aliphatic rings. The Morgan fingerprint density at radius 3 is 2.50 bits per heavy atom. The van der Waals surface area contributed by atoms with Crippen LogP contribution in [0.15, 0.2) is 18.2 Å². The van der Waals surface area contributed by atoms with Crippen molar-refractivity contribution >= 4 is 17.3 Å². The maximum Gasteiger partial charge on any atom is 0.0429 e. The van der Waals surface area contributed by atoms with Crippen molar-refractivity contribution in [1.82, 2.24) is 0 Å². The second kappa shape index (κ2) is 2.98. The Bertz CT molecular complexity index is 272. The average molecular weight is 182 g/mol. The molecule has 0 radical (unpaired) electrons. The third-order valence-corrected chi connectivity index (χ3v) is 2.74. The molecule has 1 fully saturated rings. The van der Waals surface area contributed by atoms with Gasteiger partial charge in [0, 0.05) is 10.7 Å². The van der Waals surface area contributed by atoms with E-state index < -0.39 is 0 Å². The Balaban J connectivity index is 2.30. The van der Waals surface area contributed by atoms with Crippen LogP contribution in [0.25, 0.3) is 0 Å². The smallest absolute Gasteiger partial charge is 0.0429 e. The standard InChI is InChI=1S/C10H12ClN/c11-9-4-8(5-10(12)6-9)7-2-1-3-7/h4-7H,1-3,12H2. The summed E-state index contributed by atoms with van der Waals surface area (Å²) in [6.45, 7) is 0. The highest BCUT2D eigenvalue weighted by Gasteiger charge is 2.19. The van der Waals surface area contributed by atoms with E-state index in [4.69, 9.17) is 17.3 Å². The van der Waals surface area contributed by atoms with Crippen LogP contribution in [-0.4, -0.2) is 0 Å². The first-order valence-electron chi connectivity index (χ1n) is 4.31. The number of nitrogen functional groups attached to an aromatic ring is 1. The zero-order valence-electron chi connectivity index (χ0n) is 6.89. The van der Waals surface area contributed by atoms with Crippen LogP contribution >= 0.6 is 11.6 Å². The van der Waals surface area contributed by atoms with Crippen molar-refractivity contribution < 1.29 is 0 Å². The van der Waals surface area contributed by atoms with Crippen LogP contribution in [0.5, 0.6) is 0 Å². The van der Waals surface area contributed by atoms with Crippen molar-refractivity contribution in [2.75, 3.05) is 5.73 Å². The van der Waals surface area contributed by atoms with Gasteiger partial charge in [0.1, 0.15) is 0 Å². The van der Waals surface area contributed by atoms with E-state index in [-0.39, 0.29) is 0 Å². The van der Waals surface area contributed by atoms with Gasteiger partial charge in [-0.3, -0.25) is 0 Å². The molecule has 0 bridgehead atoms. The molecule has 2 heteroatoms. The SMILES string of the molecule is Nc1cc(Cl)cc(C2CCC2)c1. The number of rotatable bonds is 1. The normalized spacial score (nSPS) is 17.4. The molecule has 0 spiro atoms. The maximum absolute atomic E-state index is 5.90. The molecule has 0 heterocycles. The Morgan fingerprint density at radius 1 is 1.25 bits per heavy atom. The van der Waals surface area contributed by atoms with E-state index in [0.717, 1.165) is 10.7 Å². The molecule has 1 aliphatic carbocycles. The lowest BCUT2D eigenvalue weighted by Crippen LogP contribution is -2.08. The fourth-order valence-electron chi connectivity index (χ4n) is 1.61. The molecule has 1 aromatic carbocycles. The third-order valence-electron chi connectivity index (χ3n) is 2.52. The van der Waals surface area contributed by atoms with E-state index in [9.17, 15) is 0 Å². The number of benzene rings is 1. The lowest BCUT2D eigenvalue weighted by molar-refractivity contribution is 0.420. The minimum Gasteiger partial charge on any atom is -0.399 e. The molecule has 0 unspecified atom stereocenters. The first-order valence-corrected chi connectivity index (χ1v) is 4.69. The Morgan fingerprint density at radius 2 is 2.00 bits per heavy atom. The molecule has 0 aliphatic heterocycles. The lowest BCUT2D eigenvalue weighted by Gasteiger charge is -2.26. The van der Waals surface area contributed by atoms with Crippen LogP contribution in [0.3, 0.4) is 0 Å². The Labute approximate surface area is 77.5 Å². The van der Waals surface area contributed by atoms with Gasteiger partial charge in [0.2, 0.25) is 0 Å². The number of halogens is 1. The maximum atomic E-state index is 5.90. The first kappa shape index (κ1) is 7.93. The summed E-state index contributed by atoms with van der Waals surface area (Å²) in [6, 6.07) is 5.86. The van der Waals surface area contributed by atoms with Gasteiger partial charge in [-0.25, -0.2) is 0 Å². The second-order valence-electron chi connectivity index (χ2n) is 3.45. The number of hydrogen-bond acceptors (Lipinski definition) is 1. The van der Waals surface area contributed by atoms with Gasteiger partial charge in [-0.2, -0.15) is 0 Å². The summed E-state index contributed by atoms with van der Waals surface area (Å²) in [7, 11) is 0. The summed E-state index contributed by atoms with van der Waals surface area (Å²) in [6.07, 6.45) is 3.93. The summed E-state index contributed by atoms with van der Waals surface area (Å²) >= 11 is 5.90. The van der Waals surface area contributed by atoms with Gasteiger partial charge in [-0.1, -0.05) is 18.0 Å². The molecule has 2 rings (SSSR count). The molecule has 2 N–H and O–H groups in total. The molecule has 1 aromatic rings. The van der Waals surface area contributed by atoms with Crippen molar-refractivity contribution in [3.8, 4) is 0 Å². The minimum absolute atomic E-state index is 0.714. The molecular weight excluding hydrogens is 170 g/mol. The van der Waals surface area contributed by atoms with Crippen molar-refractivity contribution in [3.63, 3.8) is 0 Å². The zero-order valence-corrected chi connectivity index (χ0v) is 7.64. The molecule has 1 nitrogen and oxygen atoms in total. The van der Waals surface area contributed by atoms with Gasteiger partial charge in [0.25, 0.3) is 0 Å². The Kier molecular flexibility index (Phi) is 1.97. The lowest BCUT2D eigenvalue weighted by atomic mass is 9.80. The summed E-state index contributed by atoms with van der Waals surface area (Å²) in [5, 5.41) is 0.761. The van der Waals surface area contributed by atoms with E-state index in [2.05, 4.69) is 0 Å². The number of anilines is 1. The Hall–Kier alpha value is -0.690. The zero-order chi connectivity index (χ0) is 8.55. The van der Waals surface area contributed by atoms with Crippen LogP contribution in [0, 0.1) is 0 Å². The first-order chi connectivity index (χ1) is 5.75. The highest BCUT2D eigenvalue weighted by molar-refractivity contribution is 6.30. The van der Waals surface area contributed by atoms with Crippen LogP contribution < -0.4 is 5.73 Å². The summed E-state index contributed by atoms with van der Waals surface area (Å²) in [4.78, 5) is 0. The molecule has 12 heavy (non-hydrogen) atoms.